The molecular weight excluding hydrogens is 429 g/mol. The first-order valence-electron chi connectivity index (χ1n) is 9.54. The zero-order chi connectivity index (χ0) is 21.8. The Morgan fingerprint density at radius 3 is 2.52 bits per heavy atom. The first-order chi connectivity index (χ1) is 15.0. The van der Waals surface area contributed by atoms with E-state index in [0.717, 1.165) is 22.0 Å². The highest BCUT2D eigenvalue weighted by Crippen LogP contribution is 2.25. The van der Waals surface area contributed by atoms with Crippen molar-refractivity contribution in [2.75, 3.05) is 5.32 Å². The average molecular weight is 446 g/mol. The molecule has 0 radical (unpaired) electrons. The predicted molar refractivity (Wildman–Crippen MR) is 126 cm³/mol. The number of para-hydroxylation sites is 1. The summed E-state index contributed by atoms with van der Waals surface area (Å²) < 4.78 is 2.08. The Morgan fingerprint density at radius 1 is 1.00 bits per heavy atom. The van der Waals surface area contributed by atoms with E-state index in [2.05, 4.69) is 9.88 Å². The first kappa shape index (κ1) is 20.7. The number of anilines is 1. The van der Waals surface area contributed by atoms with Crippen LogP contribution in [0.5, 0.6) is 0 Å². The third kappa shape index (κ3) is 4.80. The van der Waals surface area contributed by atoms with Crippen molar-refractivity contribution in [2.24, 2.45) is 0 Å². The van der Waals surface area contributed by atoms with Crippen molar-refractivity contribution in [1.29, 1.82) is 5.26 Å². The van der Waals surface area contributed by atoms with E-state index in [-0.39, 0.29) is 5.57 Å². The number of nitrogens with one attached hydrogen (secondary N) is 1. The van der Waals surface area contributed by atoms with Crippen LogP contribution in [0.2, 0.25) is 10.0 Å². The highest BCUT2D eigenvalue weighted by Gasteiger charge is 2.13. The third-order valence-corrected chi connectivity index (χ3v) is 5.32. The lowest BCUT2D eigenvalue weighted by atomic mass is 10.1. The molecule has 0 bridgehead atoms. The van der Waals surface area contributed by atoms with E-state index < -0.39 is 5.91 Å². The number of fused-ring (bicyclic) bond motifs is 1. The highest BCUT2D eigenvalue weighted by molar-refractivity contribution is 6.31. The Kier molecular flexibility index (Phi) is 6.08. The molecule has 152 valence electrons. The number of hydrogen-bond acceptors (Lipinski definition) is 2. The van der Waals surface area contributed by atoms with Crippen LogP contribution in [0.1, 0.15) is 11.1 Å². The summed E-state index contributed by atoms with van der Waals surface area (Å²) in [6.45, 7) is 0.619. The van der Waals surface area contributed by atoms with Gasteiger partial charge in [0.1, 0.15) is 11.6 Å². The second-order valence-electron chi connectivity index (χ2n) is 6.99. The van der Waals surface area contributed by atoms with Crippen molar-refractivity contribution >= 4 is 51.8 Å². The number of hydrogen-bond donors (Lipinski definition) is 1. The minimum absolute atomic E-state index is 0.0145. The molecule has 0 aliphatic carbocycles. The van der Waals surface area contributed by atoms with Crippen LogP contribution in [-0.4, -0.2) is 10.5 Å². The van der Waals surface area contributed by atoms with E-state index in [1.54, 1.807) is 30.3 Å². The van der Waals surface area contributed by atoms with Gasteiger partial charge in [0.15, 0.2) is 0 Å². The number of nitriles is 1. The summed E-state index contributed by atoms with van der Waals surface area (Å²) in [5, 5.41) is 14.5. The van der Waals surface area contributed by atoms with Crippen LogP contribution in [0.15, 0.2) is 84.6 Å². The van der Waals surface area contributed by atoms with E-state index in [1.165, 1.54) is 0 Å². The van der Waals surface area contributed by atoms with Gasteiger partial charge in [0, 0.05) is 44.9 Å². The van der Waals surface area contributed by atoms with Crippen LogP contribution < -0.4 is 5.32 Å². The van der Waals surface area contributed by atoms with Crippen molar-refractivity contribution in [3.05, 3.63) is 106 Å². The molecule has 0 saturated heterocycles. The van der Waals surface area contributed by atoms with E-state index in [1.807, 2.05) is 60.8 Å². The molecule has 4 aromatic rings. The van der Waals surface area contributed by atoms with Gasteiger partial charge in [-0.15, -0.1) is 0 Å². The van der Waals surface area contributed by atoms with Crippen molar-refractivity contribution in [3.8, 4) is 6.07 Å². The van der Waals surface area contributed by atoms with E-state index in [9.17, 15) is 10.1 Å². The molecule has 0 fully saturated rings. The predicted octanol–water partition coefficient (Wildman–Crippen LogP) is 6.54. The van der Waals surface area contributed by atoms with Gasteiger partial charge in [-0.05, 0) is 54.1 Å². The minimum atomic E-state index is -0.475. The lowest BCUT2D eigenvalue weighted by molar-refractivity contribution is -0.112. The average Bonchev–Trinajstić information content (AvgIpc) is 3.11. The zero-order valence-corrected chi connectivity index (χ0v) is 17.9. The van der Waals surface area contributed by atoms with Gasteiger partial charge in [-0.2, -0.15) is 5.26 Å². The number of halogens is 2. The van der Waals surface area contributed by atoms with Crippen LogP contribution >= 0.6 is 23.2 Å². The molecule has 3 aromatic carbocycles. The summed E-state index contributed by atoms with van der Waals surface area (Å²) in [7, 11) is 0. The van der Waals surface area contributed by atoms with Gasteiger partial charge in [-0.3, -0.25) is 4.79 Å². The fourth-order valence-electron chi connectivity index (χ4n) is 3.39. The van der Waals surface area contributed by atoms with E-state index in [0.29, 0.717) is 22.3 Å². The summed E-state index contributed by atoms with van der Waals surface area (Å²) in [6, 6.07) is 24.3. The molecule has 1 aromatic heterocycles. The molecule has 1 heterocycles. The molecule has 1 N–H and O–H groups in total. The lowest BCUT2D eigenvalue weighted by Gasteiger charge is -2.06. The van der Waals surface area contributed by atoms with Crippen molar-refractivity contribution in [3.63, 3.8) is 0 Å². The fraction of sp³-hybridized carbons (Fsp3) is 0.0400. The molecule has 1 amide bonds. The smallest absolute Gasteiger partial charge is 0.266 e. The molecule has 6 heteroatoms. The van der Waals surface area contributed by atoms with Crippen LogP contribution in [0.4, 0.5) is 5.69 Å². The Bertz CT molecular complexity index is 1330. The Labute approximate surface area is 189 Å². The van der Waals surface area contributed by atoms with Gasteiger partial charge >= 0.3 is 0 Å². The maximum absolute atomic E-state index is 12.6. The number of amides is 1. The molecule has 31 heavy (non-hydrogen) atoms. The lowest BCUT2D eigenvalue weighted by Crippen LogP contribution is -2.13. The maximum Gasteiger partial charge on any atom is 0.266 e. The number of nitrogens with zero attached hydrogens (tertiary/aromatic N) is 2. The van der Waals surface area contributed by atoms with Crippen LogP contribution in [-0.2, 0) is 11.3 Å². The Balaban J connectivity index is 1.67. The summed E-state index contributed by atoms with van der Waals surface area (Å²) in [5.41, 5.74) is 3.44. The molecule has 4 rings (SSSR count). The molecule has 0 unspecified atom stereocenters. The maximum atomic E-state index is 12.6. The summed E-state index contributed by atoms with van der Waals surface area (Å²) in [5.74, 6) is -0.475. The molecule has 0 saturated carbocycles. The quantitative estimate of drug-likeness (QED) is 0.280. The Morgan fingerprint density at radius 2 is 1.77 bits per heavy atom. The third-order valence-electron chi connectivity index (χ3n) is 4.83. The van der Waals surface area contributed by atoms with Gasteiger partial charge in [0.2, 0.25) is 0 Å². The first-order valence-corrected chi connectivity index (χ1v) is 10.3. The topological polar surface area (TPSA) is 57.8 Å². The van der Waals surface area contributed by atoms with Crippen LogP contribution in [0.3, 0.4) is 0 Å². The van der Waals surface area contributed by atoms with E-state index in [4.69, 9.17) is 23.2 Å². The van der Waals surface area contributed by atoms with Crippen LogP contribution in [0.25, 0.3) is 17.0 Å². The zero-order valence-electron chi connectivity index (χ0n) is 16.3. The number of carbonyl (C=O) groups is 1. The summed E-state index contributed by atoms with van der Waals surface area (Å²) >= 11 is 12.0. The second-order valence-corrected chi connectivity index (χ2v) is 7.86. The highest BCUT2D eigenvalue weighted by atomic mass is 35.5. The molecular formula is C25H17Cl2N3O. The molecule has 0 aliphatic heterocycles. The normalized spacial score (nSPS) is 11.3. The van der Waals surface area contributed by atoms with Gasteiger partial charge in [0.05, 0.1) is 0 Å². The van der Waals surface area contributed by atoms with Gasteiger partial charge in [-0.25, -0.2) is 0 Å². The standard InChI is InChI=1S/C25H17Cl2N3O/c26-20-8-10-22(11-9-20)29-25(31)18(14-28)13-19-16-30(24-7-2-1-6-23(19)24)15-17-4-3-5-21(27)12-17/h1-13,16H,15H2,(H,29,31)/b18-13+. The monoisotopic (exact) mass is 445 g/mol. The van der Waals surface area contributed by atoms with Gasteiger partial charge in [-0.1, -0.05) is 53.5 Å². The summed E-state index contributed by atoms with van der Waals surface area (Å²) in [4.78, 5) is 12.6. The SMILES string of the molecule is N#C/C(=C\c1cn(Cc2cccc(Cl)c2)c2ccccc12)C(=O)Nc1ccc(Cl)cc1. The molecule has 4 nitrogen and oxygen atoms in total. The molecule has 0 aliphatic rings. The van der Waals surface area contributed by atoms with Crippen molar-refractivity contribution in [1.82, 2.24) is 4.57 Å². The minimum Gasteiger partial charge on any atom is -0.342 e. The van der Waals surface area contributed by atoms with Crippen molar-refractivity contribution in [2.45, 2.75) is 6.54 Å². The number of rotatable bonds is 5. The van der Waals surface area contributed by atoms with Gasteiger partial charge < -0.3 is 9.88 Å². The number of benzene rings is 3. The second kappa shape index (κ2) is 9.09. The molecule has 0 spiro atoms. The van der Waals surface area contributed by atoms with Crippen LogP contribution in [0, 0.1) is 11.3 Å². The summed E-state index contributed by atoms with van der Waals surface area (Å²) in [6.07, 6.45) is 3.56. The van der Waals surface area contributed by atoms with E-state index >= 15 is 0 Å². The van der Waals surface area contributed by atoms with Crippen molar-refractivity contribution < 1.29 is 4.79 Å². The largest absolute Gasteiger partial charge is 0.342 e. The van der Waals surface area contributed by atoms with Gasteiger partial charge in [0.25, 0.3) is 5.91 Å². The molecule has 0 atom stereocenters. The Hall–Kier alpha value is -3.52. The number of carbonyl (C=O) groups excluding carboxylic acids is 1. The number of aromatic nitrogens is 1. The fourth-order valence-corrected chi connectivity index (χ4v) is 3.73.